The van der Waals surface area contributed by atoms with Crippen LogP contribution in [-0.2, 0) is 9.53 Å². The summed E-state index contributed by atoms with van der Waals surface area (Å²) in [4.78, 5) is 44.6. The van der Waals surface area contributed by atoms with Crippen molar-refractivity contribution >= 4 is 29.6 Å². The van der Waals surface area contributed by atoms with Gasteiger partial charge in [-0.15, -0.1) is 6.58 Å². The summed E-state index contributed by atoms with van der Waals surface area (Å²) in [5.41, 5.74) is 1.69. The standard InChI is InChI=1S/C26H36ClN5O4/c1-6-12-32-21(16-30-13-14-31(18(5)15-30)25(34)28-17(3)4)22(24(33)36-7-2)23(29-26(32)35)19-8-10-20(27)11-9-19/h6,8-11,17-18,23H,1,7,12-16H2,2-5H3,(H,28,34)(H,29,35)/t18-,23-/m0/s1. The Morgan fingerprint density at radius 2 is 1.97 bits per heavy atom. The Labute approximate surface area is 218 Å². The molecule has 0 aliphatic carbocycles. The molecular formula is C26H36ClN5O4. The molecule has 0 aromatic heterocycles. The van der Waals surface area contributed by atoms with Gasteiger partial charge in [-0.3, -0.25) is 9.80 Å². The summed E-state index contributed by atoms with van der Waals surface area (Å²) >= 11 is 6.08. The molecule has 1 saturated heterocycles. The van der Waals surface area contributed by atoms with Gasteiger partial charge in [-0.2, -0.15) is 0 Å². The van der Waals surface area contributed by atoms with E-state index in [1.807, 2.05) is 25.7 Å². The zero-order chi connectivity index (χ0) is 26.4. The molecular weight excluding hydrogens is 482 g/mol. The molecule has 196 valence electrons. The van der Waals surface area contributed by atoms with Gasteiger partial charge in [0.2, 0.25) is 0 Å². The van der Waals surface area contributed by atoms with Crippen LogP contribution in [0.15, 0.2) is 48.2 Å². The van der Waals surface area contributed by atoms with Crippen molar-refractivity contribution in [2.45, 2.75) is 45.8 Å². The number of urea groups is 2. The monoisotopic (exact) mass is 517 g/mol. The molecule has 3 rings (SSSR count). The first-order chi connectivity index (χ1) is 17.2. The summed E-state index contributed by atoms with van der Waals surface area (Å²) in [7, 11) is 0. The van der Waals surface area contributed by atoms with E-state index in [2.05, 4.69) is 22.1 Å². The molecule has 1 aromatic rings. The molecule has 0 unspecified atom stereocenters. The predicted molar refractivity (Wildman–Crippen MR) is 140 cm³/mol. The summed E-state index contributed by atoms with van der Waals surface area (Å²) in [6.07, 6.45) is 1.63. The Morgan fingerprint density at radius 1 is 1.28 bits per heavy atom. The average Bonchev–Trinajstić information content (AvgIpc) is 2.81. The van der Waals surface area contributed by atoms with E-state index in [1.54, 1.807) is 37.3 Å². The van der Waals surface area contributed by atoms with E-state index >= 15 is 0 Å². The van der Waals surface area contributed by atoms with Crippen molar-refractivity contribution < 1.29 is 19.1 Å². The maximum atomic E-state index is 13.3. The Hall–Kier alpha value is -3.04. The van der Waals surface area contributed by atoms with Crippen molar-refractivity contribution in [2.75, 3.05) is 39.3 Å². The number of piperazine rings is 1. The van der Waals surface area contributed by atoms with E-state index in [4.69, 9.17) is 16.3 Å². The fourth-order valence-corrected chi connectivity index (χ4v) is 4.70. The van der Waals surface area contributed by atoms with Gasteiger partial charge < -0.3 is 20.3 Å². The normalized spacial score (nSPS) is 20.9. The molecule has 0 radical (unpaired) electrons. The van der Waals surface area contributed by atoms with E-state index in [9.17, 15) is 14.4 Å². The van der Waals surface area contributed by atoms with Gasteiger partial charge in [0.25, 0.3) is 0 Å². The van der Waals surface area contributed by atoms with Crippen LogP contribution in [0.2, 0.25) is 5.02 Å². The Morgan fingerprint density at radius 3 is 2.56 bits per heavy atom. The molecule has 4 amide bonds. The van der Waals surface area contributed by atoms with Crippen molar-refractivity contribution in [2.24, 2.45) is 0 Å². The van der Waals surface area contributed by atoms with Crippen molar-refractivity contribution in [1.29, 1.82) is 0 Å². The Bertz CT molecular complexity index is 1010. The van der Waals surface area contributed by atoms with Crippen LogP contribution >= 0.6 is 11.6 Å². The molecule has 2 aliphatic rings. The summed E-state index contributed by atoms with van der Waals surface area (Å²) in [5.74, 6) is -0.482. The number of esters is 1. The molecule has 36 heavy (non-hydrogen) atoms. The first-order valence-corrected chi connectivity index (χ1v) is 12.7. The van der Waals surface area contributed by atoms with E-state index < -0.39 is 12.0 Å². The lowest BCUT2D eigenvalue weighted by molar-refractivity contribution is -0.139. The highest BCUT2D eigenvalue weighted by atomic mass is 35.5. The van der Waals surface area contributed by atoms with Crippen LogP contribution < -0.4 is 10.6 Å². The number of nitrogens with one attached hydrogen (secondary N) is 2. The summed E-state index contributed by atoms with van der Waals surface area (Å²) in [6, 6.07) is 5.97. The second-order valence-electron chi connectivity index (χ2n) is 9.30. The molecule has 0 spiro atoms. The summed E-state index contributed by atoms with van der Waals surface area (Å²) in [6.45, 7) is 13.9. The SMILES string of the molecule is C=CCN1C(=O)N[C@@H](c2ccc(Cl)cc2)C(C(=O)OCC)=C1CN1CCN(C(=O)NC(C)C)[C@@H](C)C1. The molecule has 1 fully saturated rings. The number of ether oxygens (including phenoxy) is 1. The third-order valence-corrected chi connectivity index (χ3v) is 6.46. The second kappa shape index (κ2) is 12.3. The second-order valence-corrected chi connectivity index (χ2v) is 9.73. The average molecular weight is 518 g/mol. The van der Waals surface area contributed by atoms with Crippen LogP contribution in [0.3, 0.4) is 0 Å². The Kier molecular flexibility index (Phi) is 9.39. The highest BCUT2D eigenvalue weighted by Crippen LogP contribution is 2.33. The zero-order valence-corrected chi connectivity index (χ0v) is 22.2. The van der Waals surface area contributed by atoms with Gasteiger partial charge in [0.05, 0.1) is 18.2 Å². The van der Waals surface area contributed by atoms with Gasteiger partial charge >= 0.3 is 18.0 Å². The summed E-state index contributed by atoms with van der Waals surface area (Å²) in [5, 5.41) is 6.46. The van der Waals surface area contributed by atoms with Crippen LogP contribution in [0, 0.1) is 0 Å². The van der Waals surface area contributed by atoms with Crippen LogP contribution in [0.4, 0.5) is 9.59 Å². The minimum Gasteiger partial charge on any atom is -0.463 e. The van der Waals surface area contributed by atoms with E-state index in [-0.39, 0.29) is 37.3 Å². The van der Waals surface area contributed by atoms with E-state index in [1.165, 1.54) is 4.90 Å². The lowest BCUT2D eigenvalue weighted by atomic mass is 9.94. The first-order valence-electron chi connectivity index (χ1n) is 12.3. The van der Waals surface area contributed by atoms with Gasteiger partial charge in [0.1, 0.15) is 0 Å². The van der Waals surface area contributed by atoms with E-state index in [0.717, 1.165) is 5.56 Å². The minimum absolute atomic E-state index is 0.0403. The van der Waals surface area contributed by atoms with Crippen molar-refractivity contribution in [3.8, 4) is 0 Å². The molecule has 2 N–H and O–H groups in total. The number of rotatable bonds is 8. The number of hydrogen-bond donors (Lipinski definition) is 2. The number of benzene rings is 1. The molecule has 2 heterocycles. The fraction of sp³-hybridized carbons (Fsp3) is 0.500. The molecule has 9 nitrogen and oxygen atoms in total. The number of halogens is 1. The van der Waals surface area contributed by atoms with Gasteiger partial charge in [-0.25, -0.2) is 14.4 Å². The number of nitrogens with zero attached hydrogens (tertiary/aromatic N) is 3. The number of amides is 4. The van der Waals surface area contributed by atoms with Crippen LogP contribution in [0.1, 0.15) is 39.3 Å². The van der Waals surface area contributed by atoms with Crippen molar-refractivity contribution in [1.82, 2.24) is 25.3 Å². The predicted octanol–water partition coefficient (Wildman–Crippen LogP) is 3.53. The molecule has 2 aliphatic heterocycles. The molecule has 2 atom stereocenters. The van der Waals surface area contributed by atoms with Crippen molar-refractivity contribution in [3.05, 3.63) is 58.8 Å². The largest absolute Gasteiger partial charge is 0.463 e. The fourth-order valence-electron chi connectivity index (χ4n) is 4.57. The van der Waals surface area contributed by atoms with Crippen LogP contribution in [0.25, 0.3) is 0 Å². The smallest absolute Gasteiger partial charge is 0.338 e. The zero-order valence-electron chi connectivity index (χ0n) is 21.4. The maximum Gasteiger partial charge on any atom is 0.338 e. The first kappa shape index (κ1) is 27.5. The number of carbonyl (C=O) groups is 3. The third kappa shape index (κ3) is 6.39. The quantitative estimate of drug-likeness (QED) is 0.406. The molecule has 0 bridgehead atoms. The molecule has 1 aromatic carbocycles. The third-order valence-electron chi connectivity index (χ3n) is 6.21. The Balaban J connectivity index is 1.96. The lowest BCUT2D eigenvalue weighted by Crippen LogP contribution is -2.58. The van der Waals surface area contributed by atoms with Crippen molar-refractivity contribution in [3.63, 3.8) is 0 Å². The highest BCUT2D eigenvalue weighted by Gasteiger charge is 2.39. The van der Waals surface area contributed by atoms with Gasteiger partial charge in [0.15, 0.2) is 0 Å². The van der Waals surface area contributed by atoms with Crippen LogP contribution in [0.5, 0.6) is 0 Å². The van der Waals surface area contributed by atoms with Gasteiger partial charge in [0, 0.05) is 55.5 Å². The maximum absolute atomic E-state index is 13.3. The van der Waals surface area contributed by atoms with Gasteiger partial charge in [-0.1, -0.05) is 29.8 Å². The highest BCUT2D eigenvalue weighted by molar-refractivity contribution is 6.30. The number of carbonyl (C=O) groups excluding carboxylic acids is 3. The lowest BCUT2D eigenvalue weighted by Gasteiger charge is -2.43. The molecule has 10 heteroatoms. The van der Waals surface area contributed by atoms with Crippen LogP contribution in [-0.4, -0.2) is 84.1 Å². The topological polar surface area (TPSA) is 94.2 Å². The molecule has 0 saturated carbocycles. The van der Waals surface area contributed by atoms with Gasteiger partial charge in [-0.05, 0) is 45.4 Å². The number of hydrogen-bond acceptors (Lipinski definition) is 5. The van der Waals surface area contributed by atoms with E-state index in [0.29, 0.717) is 42.5 Å². The summed E-state index contributed by atoms with van der Waals surface area (Å²) < 4.78 is 5.44. The minimum atomic E-state index is -0.680.